The van der Waals surface area contributed by atoms with Gasteiger partial charge in [-0.15, -0.1) is 0 Å². The summed E-state index contributed by atoms with van der Waals surface area (Å²) in [4.78, 5) is 28.5. The first kappa shape index (κ1) is 32.1. The van der Waals surface area contributed by atoms with Gasteiger partial charge in [0.1, 0.15) is 5.82 Å². The summed E-state index contributed by atoms with van der Waals surface area (Å²) in [7, 11) is 0. The number of para-hydroxylation sites is 1. The molecule has 45 heavy (non-hydrogen) atoms. The smallest absolute Gasteiger partial charge is 0.258 e. The third kappa shape index (κ3) is 7.70. The molecule has 1 aliphatic rings. The Bertz CT molecular complexity index is 1580. The molecule has 0 aliphatic carbocycles. The molecule has 236 valence electrons. The Hall–Kier alpha value is -4.27. The van der Waals surface area contributed by atoms with Crippen molar-refractivity contribution in [2.75, 3.05) is 18.4 Å². The van der Waals surface area contributed by atoms with E-state index in [1.807, 2.05) is 74.5 Å². The van der Waals surface area contributed by atoms with Crippen LogP contribution in [0.2, 0.25) is 0 Å². The average molecular weight is 612 g/mol. The Morgan fingerprint density at radius 1 is 0.844 bits per heavy atom. The van der Waals surface area contributed by atoms with Crippen molar-refractivity contribution in [3.63, 3.8) is 0 Å². The molecule has 2 heterocycles. The van der Waals surface area contributed by atoms with Crippen LogP contribution < -0.4 is 5.32 Å². The zero-order chi connectivity index (χ0) is 31.9. The molecule has 0 bridgehead atoms. The van der Waals surface area contributed by atoms with Crippen LogP contribution in [-0.4, -0.2) is 56.8 Å². The zero-order valence-electron chi connectivity index (χ0n) is 26.0. The van der Waals surface area contributed by atoms with Crippen molar-refractivity contribution < 1.29 is 24.2 Å². The van der Waals surface area contributed by atoms with Crippen LogP contribution in [0.3, 0.4) is 0 Å². The van der Waals surface area contributed by atoms with E-state index >= 15 is 0 Å². The quantitative estimate of drug-likeness (QED) is 0.163. The molecule has 3 N–H and O–H groups in total. The van der Waals surface area contributed by atoms with E-state index in [9.17, 15) is 24.2 Å². The van der Waals surface area contributed by atoms with Gasteiger partial charge in [-0.3, -0.25) is 9.59 Å². The van der Waals surface area contributed by atoms with Crippen LogP contribution in [0.5, 0.6) is 0 Å². The van der Waals surface area contributed by atoms with Crippen molar-refractivity contribution in [1.29, 1.82) is 0 Å². The monoisotopic (exact) mass is 611 g/mol. The molecule has 1 aliphatic heterocycles. The number of aliphatic hydroxyl groups excluding tert-OH is 2. The lowest BCUT2D eigenvalue weighted by Crippen LogP contribution is -2.32. The second-order valence-electron chi connectivity index (χ2n) is 12.1. The number of amides is 2. The summed E-state index contributed by atoms with van der Waals surface area (Å²) in [5.74, 6) is -0.793. The Morgan fingerprint density at radius 2 is 1.47 bits per heavy atom. The fraction of sp³-hybridized carbons (Fsp3) is 0.351. The Kier molecular flexibility index (Phi) is 10.5. The number of aromatic nitrogens is 1. The highest BCUT2D eigenvalue weighted by Gasteiger charge is 2.31. The van der Waals surface area contributed by atoms with Crippen molar-refractivity contribution in [1.82, 2.24) is 9.47 Å². The number of aliphatic hydroxyl groups is 2. The molecule has 1 fully saturated rings. The van der Waals surface area contributed by atoms with Crippen molar-refractivity contribution >= 4 is 17.5 Å². The Balaban J connectivity index is 1.54. The van der Waals surface area contributed by atoms with Gasteiger partial charge in [-0.1, -0.05) is 62.4 Å². The predicted molar refractivity (Wildman–Crippen MR) is 175 cm³/mol. The molecule has 1 aromatic heterocycles. The second kappa shape index (κ2) is 14.7. The molecule has 0 saturated carbocycles. The molecule has 2 amide bonds. The van der Waals surface area contributed by atoms with Gasteiger partial charge >= 0.3 is 0 Å². The zero-order valence-corrected chi connectivity index (χ0v) is 26.0. The molecule has 3 aromatic carbocycles. The van der Waals surface area contributed by atoms with E-state index in [1.165, 1.54) is 12.1 Å². The molecule has 1 saturated heterocycles. The molecule has 7 nitrogen and oxygen atoms in total. The van der Waals surface area contributed by atoms with Crippen LogP contribution >= 0.6 is 0 Å². The van der Waals surface area contributed by atoms with Crippen molar-refractivity contribution in [3.05, 3.63) is 102 Å². The summed E-state index contributed by atoms with van der Waals surface area (Å²) in [5, 5.41) is 24.8. The van der Waals surface area contributed by atoms with Crippen molar-refractivity contribution in [3.8, 4) is 22.4 Å². The first-order chi connectivity index (χ1) is 21.7. The van der Waals surface area contributed by atoms with Crippen molar-refractivity contribution in [2.45, 2.75) is 70.6 Å². The number of carbonyl (C=O) groups excluding carboxylic acids is 2. The third-order valence-corrected chi connectivity index (χ3v) is 8.39. The maximum Gasteiger partial charge on any atom is 0.258 e. The number of hydrogen-bond donors (Lipinski definition) is 3. The molecular weight excluding hydrogens is 569 g/mol. The average Bonchev–Trinajstić information content (AvgIpc) is 3.69. The van der Waals surface area contributed by atoms with Crippen LogP contribution in [0.4, 0.5) is 10.1 Å². The van der Waals surface area contributed by atoms with Crippen LogP contribution in [0.1, 0.15) is 67.9 Å². The molecule has 2 atom stereocenters. The predicted octanol–water partition coefficient (Wildman–Crippen LogP) is 6.85. The normalized spacial score (nSPS) is 14.5. The summed E-state index contributed by atoms with van der Waals surface area (Å²) in [6.45, 7) is 5.83. The van der Waals surface area contributed by atoms with Gasteiger partial charge in [-0.25, -0.2) is 4.39 Å². The van der Waals surface area contributed by atoms with Gasteiger partial charge in [0.15, 0.2) is 0 Å². The first-order valence-corrected chi connectivity index (χ1v) is 15.8. The number of benzene rings is 3. The third-order valence-electron chi connectivity index (χ3n) is 8.39. The van der Waals surface area contributed by atoms with Crippen molar-refractivity contribution in [2.24, 2.45) is 0 Å². The number of halogens is 1. The van der Waals surface area contributed by atoms with E-state index in [4.69, 9.17) is 0 Å². The number of hydrogen-bond acceptors (Lipinski definition) is 4. The van der Waals surface area contributed by atoms with E-state index in [1.54, 1.807) is 17.0 Å². The van der Waals surface area contributed by atoms with Crippen LogP contribution in [-0.2, 0) is 11.3 Å². The summed E-state index contributed by atoms with van der Waals surface area (Å²) in [5.41, 5.74) is 5.03. The molecule has 8 heteroatoms. The lowest BCUT2D eigenvalue weighted by atomic mass is 9.94. The van der Waals surface area contributed by atoms with E-state index in [0.29, 0.717) is 17.8 Å². The van der Waals surface area contributed by atoms with Crippen LogP contribution in [0, 0.1) is 5.82 Å². The summed E-state index contributed by atoms with van der Waals surface area (Å²) in [6, 6.07) is 25.2. The number of nitrogens with zero attached hydrogens (tertiary/aromatic N) is 2. The maximum absolute atomic E-state index is 14.2. The van der Waals surface area contributed by atoms with E-state index in [2.05, 4.69) is 9.88 Å². The molecule has 5 rings (SSSR count). The van der Waals surface area contributed by atoms with Gasteiger partial charge in [0, 0.05) is 36.6 Å². The van der Waals surface area contributed by atoms with E-state index < -0.39 is 12.2 Å². The number of rotatable bonds is 12. The Morgan fingerprint density at radius 3 is 2.09 bits per heavy atom. The van der Waals surface area contributed by atoms with Crippen LogP contribution in [0.25, 0.3) is 22.4 Å². The number of anilines is 1. The lowest BCUT2D eigenvalue weighted by molar-refractivity contribution is -0.132. The van der Waals surface area contributed by atoms with Crippen LogP contribution in [0.15, 0.2) is 84.9 Å². The fourth-order valence-corrected chi connectivity index (χ4v) is 6.30. The lowest BCUT2D eigenvalue weighted by Gasteiger charge is -2.21. The summed E-state index contributed by atoms with van der Waals surface area (Å²) >= 11 is 0. The minimum atomic E-state index is -0.953. The van der Waals surface area contributed by atoms with Gasteiger partial charge in [0.25, 0.3) is 5.91 Å². The number of likely N-dealkylation sites (tertiary alicyclic amines) is 1. The maximum atomic E-state index is 14.2. The van der Waals surface area contributed by atoms with Gasteiger partial charge in [-0.2, -0.15) is 0 Å². The topological polar surface area (TPSA) is 94.8 Å². The van der Waals surface area contributed by atoms with E-state index in [0.717, 1.165) is 54.0 Å². The molecule has 0 radical (unpaired) electrons. The molecule has 2 unspecified atom stereocenters. The fourth-order valence-electron chi connectivity index (χ4n) is 6.30. The number of carbonyl (C=O) groups is 2. The molecule has 4 aromatic rings. The molecule has 0 spiro atoms. The highest BCUT2D eigenvalue weighted by atomic mass is 19.1. The van der Waals surface area contributed by atoms with Gasteiger partial charge in [0.05, 0.1) is 29.9 Å². The minimum absolute atomic E-state index is 0.0133. The first-order valence-electron chi connectivity index (χ1n) is 15.8. The molecular formula is C37H42FN3O4. The highest BCUT2D eigenvalue weighted by molar-refractivity contribution is 6.12. The second-order valence-corrected chi connectivity index (χ2v) is 12.1. The largest absolute Gasteiger partial charge is 0.393 e. The minimum Gasteiger partial charge on any atom is -0.393 e. The standard InChI is InChI=1S/C37H42FN3O4/c1-25(2)35-34(37(45)39-29-13-7-4-8-14-29)33(26-11-5-3-6-12-26)36(27-15-17-28(38)18-16-27)41(35)22-19-30(42)23-31(43)24-32(44)40-20-9-10-21-40/h3-8,11-18,25,30-31,42-43H,9-10,19-24H2,1-2H3,(H,39,45). The highest BCUT2D eigenvalue weighted by Crippen LogP contribution is 2.42. The van der Waals surface area contributed by atoms with Gasteiger partial charge in [-0.05, 0) is 79.1 Å². The SMILES string of the molecule is CC(C)c1c(C(=O)Nc2ccccc2)c(-c2ccccc2)c(-c2ccc(F)cc2)n1CCC(O)CC(O)CC(=O)N1CCCC1. The summed E-state index contributed by atoms with van der Waals surface area (Å²) in [6.07, 6.45) is 0.462. The van der Waals surface area contributed by atoms with Gasteiger partial charge in [0.2, 0.25) is 5.91 Å². The number of nitrogens with one attached hydrogen (secondary N) is 1. The van der Waals surface area contributed by atoms with Gasteiger partial charge < -0.3 is 25.0 Å². The summed E-state index contributed by atoms with van der Waals surface area (Å²) < 4.78 is 16.2. The van der Waals surface area contributed by atoms with E-state index in [-0.39, 0.29) is 42.8 Å². The Labute approximate surface area is 264 Å².